The van der Waals surface area contributed by atoms with Gasteiger partial charge in [-0.15, -0.1) is 0 Å². The summed E-state index contributed by atoms with van der Waals surface area (Å²) in [6, 6.07) is 8.58. The summed E-state index contributed by atoms with van der Waals surface area (Å²) in [5.41, 5.74) is 1.73. The summed E-state index contributed by atoms with van der Waals surface area (Å²) in [7, 11) is 1.61. The summed E-state index contributed by atoms with van der Waals surface area (Å²) in [6.07, 6.45) is 3.37. The number of carbonyl (C=O) groups excluding carboxylic acids is 1. The predicted octanol–water partition coefficient (Wildman–Crippen LogP) is 1.92. The first-order chi connectivity index (χ1) is 11.1. The Kier molecular flexibility index (Phi) is 4.03. The Morgan fingerprint density at radius 3 is 2.96 bits per heavy atom. The molecule has 0 aliphatic carbocycles. The van der Waals surface area contributed by atoms with Crippen LogP contribution in [-0.2, 0) is 13.6 Å². The molecule has 2 N–H and O–H groups in total. The van der Waals surface area contributed by atoms with Crippen LogP contribution in [0.4, 0.5) is 0 Å². The van der Waals surface area contributed by atoms with Crippen LogP contribution in [-0.4, -0.2) is 20.4 Å². The highest BCUT2D eigenvalue weighted by Gasteiger charge is 2.09. The fraction of sp³-hybridized carbons (Fsp3) is 0.125. The second kappa shape index (κ2) is 6.13. The summed E-state index contributed by atoms with van der Waals surface area (Å²) >= 11 is 5.09. The van der Waals surface area contributed by atoms with Crippen LogP contribution in [0.2, 0.25) is 0 Å². The van der Waals surface area contributed by atoms with Crippen molar-refractivity contribution in [2.45, 2.75) is 6.54 Å². The molecule has 0 saturated carbocycles. The molecule has 1 amide bonds. The van der Waals surface area contributed by atoms with E-state index in [0.717, 1.165) is 5.56 Å². The fourth-order valence-corrected chi connectivity index (χ4v) is 2.43. The van der Waals surface area contributed by atoms with Crippen LogP contribution in [0.1, 0.15) is 15.9 Å². The molecule has 0 fully saturated rings. The quantitative estimate of drug-likeness (QED) is 0.721. The van der Waals surface area contributed by atoms with E-state index in [0.29, 0.717) is 27.8 Å². The van der Waals surface area contributed by atoms with Crippen molar-refractivity contribution >= 4 is 29.0 Å². The molecule has 6 nitrogen and oxygen atoms in total. The maximum atomic E-state index is 12.2. The normalized spacial score (nSPS) is 10.7. The van der Waals surface area contributed by atoms with E-state index in [-0.39, 0.29) is 11.5 Å². The molecular weight excluding hydrogens is 312 g/mol. The van der Waals surface area contributed by atoms with Crippen molar-refractivity contribution in [3.05, 3.63) is 69.0 Å². The molecule has 3 rings (SSSR count). The number of fused-ring (bicyclic) bond motifs is 1. The van der Waals surface area contributed by atoms with Crippen LogP contribution < -0.4 is 10.9 Å². The molecule has 1 aromatic carbocycles. The average molecular weight is 326 g/mol. The topological polar surface area (TPSA) is 79.8 Å². The number of amides is 1. The van der Waals surface area contributed by atoms with Crippen LogP contribution in [0, 0.1) is 4.77 Å². The third-order valence-corrected chi connectivity index (χ3v) is 3.91. The molecule has 0 spiro atoms. The van der Waals surface area contributed by atoms with Crippen LogP contribution in [0.3, 0.4) is 0 Å². The van der Waals surface area contributed by atoms with Crippen molar-refractivity contribution in [2.24, 2.45) is 7.05 Å². The zero-order valence-electron chi connectivity index (χ0n) is 12.4. The van der Waals surface area contributed by atoms with Crippen molar-refractivity contribution in [2.75, 3.05) is 0 Å². The van der Waals surface area contributed by atoms with Gasteiger partial charge >= 0.3 is 0 Å². The van der Waals surface area contributed by atoms with E-state index >= 15 is 0 Å². The summed E-state index contributed by atoms with van der Waals surface area (Å²) in [4.78, 5) is 31.3. The van der Waals surface area contributed by atoms with Gasteiger partial charge in [0.05, 0.1) is 10.9 Å². The molecular formula is C16H14N4O2S. The van der Waals surface area contributed by atoms with Crippen molar-refractivity contribution in [3.8, 4) is 0 Å². The Hall–Kier alpha value is -2.80. The van der Waals surface area contributed by atoms with Gasteiger partial charge in [0.15, 0.2) is 4.77 Å². The molecule has 0 saturated heterocycles. The third kappa shape index (κ3) is 3.04. The van der Waals surface area contributed by atoms with E-state index < -0.39 is 0 Å². The lowest BCUT2D eigenvalue weighted by Crippen LogP contribution is -2.23. The summed E-state index contributed by atoms with van der Waals surface area (Å²) in [6.45, 7) is 0.386. The summed E-state index contributed by atoms with van der Waals surface area (Å²) in [5.74, 6) is -0.226. The number of nitrogens with one attached hydrogen (secondary N) is 2. The minimum atomic E-state index is -0.226. The number of hydrogen-bond donors (Lipinski definition) is 2. The Bertz CT molecular complexity index is 992. The Balaban J connectivity index is 1.88. The Morgan fingerprint density at radius 1 is 1.39 bits per heavy atom. The van der Waals surface area contributed by atoms with E-state index in [1.54, 1.807) is 37.6 Å². The lowest BCUT2D eigenvalue weighted by atomic mass is 10.1. The van der Waals surface area contributed by atoms with Crippen molar-refractivity contribution in [1.82, 2.24) is 19.9 Å². The summed E-state index contributed by atoms with van der Waals surface area (Å²) in [5, 5.41) is 3.31. The first-order valence-corrected chi connectivity index (χ1v) is 7.37. The Morgan fingerprint density at radius 2 is 2.22 bits per heavy atom. The predicted molar refractivity (Wildman–Crippen MR) is 89.8 cm³/mol. The van der Waals surface area contributed by atoms with Gasteiger partial charge < -0.3 is 10.3 Å². The van der Waals surface area contributed by atoms with Gasteiger partial charge in [0.25, 0.3) is 11.5 Å². The van der Waals surface area contributed by atoms with Crippen LogP contribution in [0.5, 0.6) is 0 Å². The number of rotatable bonds is 3. The molecule has 0 bridgehead atoms. The zero-order chi connectivity index (χ0) is 16.4. The maximum Gasteiger partial charge on any atom is 0.261 e. The second-order valence-electron chi connectivity index (χ2n) is 5.10. The van der Waals surface area contributed by atoms with Gasteiger partial charge in [-0.3, -0.25) is 19.1 Å². The highest BCUT2D eigenvalue weighted by Crippen LogP contribution is 2.10. The van der Waals surface area contributed by atoms with Gasteiger partial charge in [0.1, 0.15) is 0 Å². The van der Waals surface area contributed by atoms with Gasteiger partial charge in [-0.05, 0) is 42.0 Å². The standard InChI is InChI=1S/C16H14N4O2S/c1-20-15(22)12-5-4-11(7-13(12)19-16(20)23)14(21)18-9-10-3-2-6-17-8-10/h2-8H,9H2,1H3,(H,18,21)(H,19,23). The van der Waals surface area contributed by atoms with Crippen LogP contribution in [0.15, 0.2) is 47.5 Å². The van der Waals surface area contributed by atoms with Crippen molar-refractivity contribution in [1.29, 1.82) is 0 Å². The highest BCUT2D eigenvalue weighted by molar-refractivity contribution is 7.71. The number of benzene rings is 1. The molecule has 0 atom stereocenters. The SMILES string of the molecule is Cn1c(=S)[nH]c2cc(C(=O)NCc3cccnc3)ccc2c1=O. The Labute approximate surface area is 136 Å². The van der Waals surface area contributed by atoms with E-state index in [9.17, 15) is 9.59 Å². The van der Waals surface area contributed by atoms with Gasteiger partial charge in [-0.25, -0.2) is 0 Å². The highest BCUT2D eigenvalue weighted by atomic mass is 32.1. The fourth-order valence-electron chi connectivity index (χ4n) is 2.23. The van der Waals surface area contributed by atoms with E-state index in [1.807, 2.05) is 12.1 Å². The average Bonchev–Trinajstić information content (AvgIpc) is 2.58. The first-order valence-electron chi connectivity index (χ1n) is 6.96. The van der Waals surface area contributed by atoms with Gasteiger partial charge in [0, 0.05) is 31.5 Å². The zero-order valence-corrected chi connectivity index (χ0v) is 13.2. The van der Waals surface area contributed by atoms with Crippen molar-refractivity contribution < 1.29 is 4.79 Å². The second-order valence-corrected chi connectivity index (χ2v) is 5.49. The number of H-pyrrole nitrogens is 1. The largest absolute Gasteiger partial charge is 0.348 e. The molecule has 2 aromatic heterocycles. The monoisotopic (exact) mass is 326 g/mol. The molecule has 23 heavy (non-hydrogen) atoms. The van der Waals surface area contributed by atoms with Gasteiger partial charge in [-0.2, -0.15) is 0 Å². The van der Waals surface area contributed by atoms with Gasteiger partial charge in [-0.1, -0.05) is 6.07 Å². The number of hydrogen-bond acceptors (Lipinski definition) is 4. The van der Waals surface area contributed by atoms with E-state index in [1.165, 1.54) is 4.57 Å². The van der Waals surface area contributed by atoms with Crippen molar-refractivity contribution in [3.63, 3.8) is 0 Å². The summed E-state index contributed by atoms with van der Waals surface area (Å²) < 4.78 is 1.68. The first kappa shape index (κ1) is 15.1. The number of carbonyl (C=O) groups is 1. The van der Waals surface area contributed by atoms with E-state index in [4.69, 9.17) is 12.2 Å². The molecule has 0 aliphatic heterocycles. The lowest BCUT2D eigenvalue weighted by molar-refractivity contribution is 0.0951. The number of pyridine rings is 1. The number of aromatic amines is 1. The lowest BCUT2D eigenvalue weighted by Gasteiger charge is -2.07. The minimum Gasteiger partial charge on any atom is -0.348 e. The molecule has 116 valence electrons. The van der Waals surface area contributed by atoms with Crippen LogP contribution in [0.25, 0.3) is 10.9 Å². The third-order valence-electron chi connectivity index (χ3n) is 3.54. The molecule has 0 radical (unpaired) electrons. The number of nitrogens with zero attached hydrogens (tertiary/aromatic N) is 2. The molecule has 0 unspecified atom stereocenters. The molecule has 7 heteroatoms. The minimum absolute atomic E-state index is 0.189. The molecule has 2 heterocycles. The molecule has 3 aromatic rings. The van der Waals surface area contributed by atoms with Crippen LogP contribution >= 0.6 is 12.2 Å². The maximum absolute atomic E-state index is 12.2. The number of aromatic nitrogens is 3. The molecule has 0 aliphatic rings. The van der Waals surface area contributed by atoms with Gasteiger partial charge in [0.2, 0.25) is 0 Å². The smallest absolute Gasteiger partial charge is 0.261 e. The van der Waals surface area contributed by atoms with E-state index in [2.05, 4.69) is 15.3 Å².